The highest BCUT2D eigenvalue weighted by Crippen LogP contribution is 2.36. The van der Waals surface area contributed by atoms with Crippen LogP contribution in [-0.2, 0) is 9.59 Å². The molecule has 2 N–H and O–H groups in total. The van der Waals surface area contributed by atoms with E-state index in [1.54, 1.807) is 24.3 Å². The van der Waals surface area contributed by atoms with Crippen LogP contribution in [-0.4, -0.2) is 44.4 Å². The predicted molar refractivity (Wildman–Crippen MR) is 120 cm³/mol. The summed E-state index contributed by atoms with van der Waals surface area (Å²) in [6.45, 7) is 0.168. The van der Waals surface area contributed by atoms with Gasteiger partial charge in [0, 0.05) is 25.1 Å². The Morgan fingerprint density at radius 3 is 2.84 bits per heavy atom. The van der Waals surface area contributed by atoms with E-state index in [0.717, 1.165) is 35.5 Å². The Labute approximate surface area is 190 Å². The number of nitrogens with one attached hydrogen (secondary N) is 1. The normalized spacial score (nSPS) is 16.0. The highest BCUT2D eigenvalue weighted by atomic mass is 32.2. The van der Waals surface area contributed by atoms with Gasteiger partial charge < -0.3 is 19.9 Å². The van der Waals surface area contributed by atoms with Crippen molar-refractivity contribution in [2.24, 2.45) is 0 Å². The van der Waals surface area contributed by atoms with E-state index in [4.69, 9.17) is 21.7 Å². The van der Waals surface area contributed by atoms with Gasteiger partial charge >= 0.3 is 0 Å². The van der Waals surface area contributed by atoms with Crippen molar-refractivity contribution in [1.82, 2.24) is 4.90 Å². The minimum Gasteiger partial charge on any atom is -0.506 e. The molecule has 1 saturated heterocycles. The molecule has 1 fully saturated rings. The van der Waals surface area contributed by atoms with Crippen LogP contribution in [0.2, 0.25) is 0 Å². The fourth-order valence-corrected chi connectivity index (χ4v) is 4.32. The topological polar surface area (TPSA) is 131 Å². The number of aromatic hydroxyl groups is 1. The molecule has 0 bridgehead atoms. The highest BCUT2D eigenvalue weighted by molar-refractivity contribution is 8.26. The van der Waals surface area contributed by atoms with Gasteiger partial charge in [-0.2, -0.15) is 0 Å². The lowest BCUT2D eigenvalue weighted by atomic mass is 10.2. The number of carbonyl (C=O) groups excluding carboxylic acids is 2. The third-order valence-electron chi connectivity index (χ3n) is 4.60. The lowest BCUT2D eigenvalue weighted by Gasteiger charge is -2.14. The Kier molecular flexibility index (Phi) is 5.97. The maximum absolute atomic E-state index is 12.7. The summed E-state index contributed by atoms with van der Waals surface area (Å²) in [5, 5.41) is 23.1. The summed E-state index contributed by atoms with van der Waals surface area (Å²) in [5.74, 6) is 0.0604. The fourth-order valence-electron chi connectivity index (χ4n) is 3.01. The number of rotatable bonds is 6. The molecule has 164 valence electrons. The standard InChI is InChI=1S/C20H15N3O7S2/c24-14-3-2-12(23(27)28)9-13(14)21-18(25)5-6-22-19(26)17(32-20(22)31)8-11-1-4-15-16(7-11)30-10-29-15/h1-4,7-9,24H,5-6,10H2,(H,21,25)/b17-8-. The Hall–Kier alpha value is -3.64. The van der Waals surface area contributed by atoms with Crippen LogP contribution in [0.5, 0.6) is 17.2 Å². The number of carbonyl (C=O) groups is 2. The van der Waals surface area contributed by atoms with E-state index >= 15 is 0 Å². The van der Waals surface area contributed by atoms with Crippen molar-refractivity contribution in [2.45, 2.75) is 6.42 Å². The molecule has 0 unspecified atom stereocenters. The van der Waals surface area contributed by atoms with Crippen LogP contribution in [0.4, 0.5) is 11.4 Å². The second kappa shape index (κ2) is 8.85. The number of anilines is 1. The van der Waals surface area contributed by atoms with Crippen LogP contribution in [0, 0.1) is 10.1 Å². The number of phenols is 1. The van der Waals surface area contributed by atoms with E-state index in [0.29, 0.717) is 20.7 Å². The van der Waals surface area contributed by atoms with Gasteiger partial charge in [-0.15, -0.1) is 0 Å². The van der Waals surface area contributed by atoms with E-state index in [1.807, 2.05) is 0 Å². The number of nitro benzene ring substituents is 1. The summed E-state index contributed by atoms with van der Waals surface area (Å²) in [6.07, 6.45) is 1.56. The van der Waals surface area contributed by atoms with E-state index in [2.05, 4.69) is 5.32 Å². The zero-order valence-corrected chi connectivity index (χ0v) is 17.9. The van der Waals surface area contributed by atoms with Crippen molar-refractivity contribution < 1.29 is 29.1 Å². The number of nitro groups is 1. The molecular weight excluding hydrogens is 458 g/mol. The molecular formula is C20H15N3O7S2. The number of amides is 2. The van der Waals surface area contributed by atoms with Crippen molar-refractivity contribution in [2.75, 3.05) is 18.7 Å². The van der Waals surface area contributed by atoms with Gasteiger partial charge in [0.1, 0.15) is 10.1 Å². The second-order valence-corrected chi connectivity index (χ2v) is 8.38. The third-order valence-corrected chi connectivity index (χ3v) is 5.97. The smallest absolute Gasteiger partial charge is 0.271 e. The first-order valence-electron chi connectivity index (χ1n) is 9.24. The van der Waals surface area contributed by atoms with Crippen molar-refractivity contribution in [1.29, 1.82) is 0 Å². The minimum absolute atomic E-state index is 0.0185. The fraction of sp³-hybridized carbons (Fsp3) is 0.150. The van der Waals surface area contributed by atoms with E-state index in [-0.39, 0.29) is 42.8 Å². The maximum Gasteiger partial charge on any atom is 0.271 e. The van der Waals surface area contributed by atoms with Gasteiger partial charge in [0.2, 0.25) is 12.7 Å². The zero-order chi connectivity index (χ0) is 22.8. The molecule has 4 rings (SSSR count). The van der Waals surface area contributed by atoms with E-state index in [9.17, 15) is 24.8 Å². The maximum atomic E-state index is 12.7. The molecule has 2 aromatic rings. The number of non-ortho nitro benzene ring substituents is 1. The first-order valence-corrected chi connectivity index (χ1v) is 10.5. The number of fused-ring (bicyclic) bond motifs is 1. The monoisotopic (exact) mass is 473 g/mol. The number of thioether (sulfide) groups is 1. The van der Waals surface area contributed by atoms with Crippen molar-refractivity contribution in [3.8, 4) is 17.2 Å². The highest BCUT2D eigenvalue weighted by Gasteiger charge is 2.32. The number of benzene rings is 2. The summed E-state index contributed by atoms with van der Waals surface area (Å²) < 4.78 is 10.9. The van der Waals surface area contributed by atoms with Crippen molar-refractivity contribution in [3.63, 3.8) is 0 Å². The van der Waals surface area contributed by atoms with Crippen LogP contribution in [0.15, 0.2) is 41.3 Å². The van der Waals surface area contributed by atoms with Gasteiger partial charge in [0.05, 0.1) is 15.5 Å². The van der Waals surface area contributed by atoms with Crippen LogP contribution in [0.25, 0.3) is 6.08 Å². The van der Waals surface area contributed by atoms with Crippen LogP contribution < -0.4 is 14.8 Å². The molecule has 0 saturated carbocycles. The molecule has 2 amide bonds. The Bertz CT molecular complexity index is 1180. The summed E-state index contributed by atoms with van der Waals surface area (Å²) in [4.78, 5) is 37.0. The number of hydrogen-bond donors (Lipinski definition) is 2. The quantitative estimate of drug-likeness (QED) is 0.213. The van der Waals surface area contributed by atoms with E-state index < -0.39 is 10.8 Å². The zero-order valence-electron chi connectivity index (χ0n) is 16.3. The van der Waals surface area contributed by atoms with Gasteiger partial charge in [0.25, 0.3) is 11.6 Å². The molecule has 12 heteroatoms. The second-order valence-electron chi connectivity index (χ2n) is 6.70. The lowest BCUT2D eigenvalue weighted by molar-refractivity contribution is -0.384. The molecule has 0 atom stereocenters. The van der Waals surface area contributed by atoms with Gasteiger partial charge in [-0.3, -0.25) is 24.6 Å². The minimum atomic E-state index is -0.637. The Balaban J connectivity index is 1.39. The van der Waals surface area contributed by atoms with E-state index in [1.165, 1.54) is 4.90 Å². The Morgan fingerprint density at radius 2 is 2.06 bits per heavy atom. The first-order chi connectivity index (χ1) is 15.3. The molecule has 0 aliphatic carbocycles. The largest absolute Gasteiger partial charge is 0.506 e. The summed E-state index contributed by atoms with van der Waals surface area (Å²) >= 11 is 6.40. The van der Waals surface area contributed by atoms with Crippen LogP contribution in [0.1, 0.15) is 12.0 Å². The molecule has 2 heterocycles. The molecule has 0 aromatic heterocycles. The summed E-state index contributed by atoms with van der Waals surface area (Å²) in [6, 6.07) is 8.60. The molecule has 32 heavy (non-hydrogen) atoms. The van der Waals surface area contributed by atoms with Gasteiger partial charge in [-0.1, -0.05) is 30.0 Å². The lowest BCUT2D eigenvalue weighted by Crippen LogP contribution is -2.31. The molecule has 0 radical (unpaired) electrons. The van der Waals surface area contributed by atoms with Crippen molar-refractivity contribution in [3.05, 3.63) is 57.0 Å². The summed E-state index contributed by atoms with van der Waals surface area (Å²) in [5.41, 5.74) is 0.384. The van der Waals surface area contributed by atoms with Gasteiger partial charge in [-0.25, -0.2) is 0 Å². The number of nitrogens with zero attached hydrogens (tertiary/aromatic N) is 2. The third kappa shape index (κ3) is 4.50. The molecule has 2 aromatic carbocycles. The molecule has 10 nitrogen and oxygen atoms in total. The van der Waals surface area contributed by atoms with Crippen LogP contribution >= 0.6 is 24.0 Å². The molecule has 2 aliphatic rings. The average Bonchev–Trinajstić information content (AvgIpc) is 3.32. The SMILES string of the molecule is O=C(CCN1C(=O)/C(=C/c2ccc3c(c2)OCO3)SC1=S)Nc1cc([N+](=O)[O-])ccc1O. The number of ether oxygens (including phenoxy) is 2. The number of thiocarbonyl (C=S) groups is 1. The number of hydrogen-bond acceptors (Lipinski definition) is 9. The summed E-state index contributed by atoms with van der Waals surface area (Å²) in [7, 11) is 0. The van der Waals surface area contributed by atoms with Crippen molar-refractivity contribution >= 4 is 57.6 Å². The van der Waals surface area contributed by atoms with Gasteiger partial charge in [0.15, 0.2) is 11.5 Å². The first kappa shape index (κ1) is 21.6. The Morgan fingerprint density at radius 1 is 1.28 bits per heavy atom. The molecule has 2 aliphatic heterocycles. The predicted octanol–water partition coefficient (Wildman–Crippen LogP) is 3.26. The average molecular weight is 473 g/mol. The number of phenolic OH excluding ortho intramolecular Hbond substituents is 1. The van der Waals surface area contributed by atoms with Gasteiger partial charge in [-0.05, 0) is 29.8 Å². The van der Waals surface area contributed by atoms with Crippen LogP contribution in [0.3, 0.4) is 0 Å². The molecule has 0 spiro atoms.